The van der Waals surface area contributed by atoms with Gasteiger partial charge >= 0.3 is 0 Å². The minimum absolute atomic E-state index is 0.244. The van der Waals surface area contributed by atoms with Gasteiger partial charge in [-0.3, -0.25) is 0 Å². The Morgan fingerprint density at radius 2 is 1.65 bits per heavy atom. The largest absolute Gasteiger partial charge is 0.361 e. The molecule has 0 aliphatic carbocycles. The van der Waals surface area contributed by atoms with Crippen LogP contribution in [-0.2, 0) is 6.42 Å². The Morgan fingerprint density at radius 1 is 0.900 bits per heavy atom. The molecular formula is C17H18N2O. The first-order valence-corrected chi connectivity index (χ1v) is 7.19. The van der Waals surface area contributed by atoms with Crippen molar-refractivity contribution in [2.75, 3.05) is 24.5 Å². The Balaban J connectivity index is 1.90. The molecule has 0 saturated carbocycles. The molecule has 1 saturated heterocycles. The van der Waals surface area contributed by atoms with Crippen molar-refractivity contribution in [1.29, 1.82) is 0 Å². The van der Waals surface area contributed by atoms with E-state index in [2.05, 4.69) is 53.4 Å². The number of nitrogens with zero attached hydrogens (tertiary/aromatic N) is 2. The number of hydrogen-bond acceptors (Lipinski definition) is 3. The van der Waals surface area contributed by atoms with Crippen LogP contribution in [0.4, 0.5) is 5.69 Å². The van der Waals surface area contributed by atoms with E-state index in [0.29, 0.717) is 13.1 Å². The summed E-state index contributed by atoms with van der Waals surface area (Å²) >= 11 is 0. The van der Waals surface area contributed by atoms with E-state index in [9.17, 15) is 5.21 Å². The first-order valence-electron chi connectivity index (χ1n) is 7.19. The molecule has 1 unspecified atom stereocenters. The van der Waals surface area contributed by atoms with Crippen LogP contribution in [0.1, 0.15) is 22.7 Å². The molecule has 0 spiro atoms. The highest BCUT2D eigenvalue weighted by Gasteiger charge is 2.32. The van der Waals surface area contributed by atoms with Gasteiger partial charge in [-0.1, -0.05) is 42.5 Å². The zero-order valence-corrected chi connectivity index (χ0v) is 11.4. The molecule has 4 rings (SSSR count). The smallest absolute Gasteiger partial charge is 0.0696 e. The SMILES string of the molecule is ON1CCN2c3ccccc3Cc3ccccc3C2C1. The fourth-order valence-electron chi connectivity index (χ4n) is 3.49. The van der Waals surface area contributed by atoms with Crippen molar-refractivity contribution >= 4 is 5.69 Å². The number of piperazine rings is 1. The summed E-state index contributed by atoms with van der Waals surface area (Å²) in [7, 11) is 0. The highest BCUT2D eigenvalue weighted by Crippen LogP contribution is 2.38. The maximum Gasteiger partial charge on any atom is 0.0696 e. The Labute approximate surface area is 119 Å². The Morgan fingerprint density at radius 3 is 2.55 bits per heavy atom. The number of rotatable bonds is 0. The summed E-state index contributed by atoms with van der Waals surface area (Å²) in [5, 5.41) is 11.4. The zero-order chi connectivity index (χ0) is 13.5. The molecule has 1 N–H and O–H groups in total. The lowest BCUT2D eigenvalue weighted by Gasteiger charge is -2.40. The van der Waals surface area contributed by atoms with Gasteiger partial charge in [0.15, 0.2) is 0 Å². The van der Waals surface area contributed by atoms with Gasteiger partial charge in [0.25, 0.3) is 0 Å². The van der Waals surface area contributed by atoms with Gasteiger partial charge in [0, 0.05) is 25.3 Å². The lowest BCUT2D eigenvalue weighted by atomic mass is 9.96. The number of hydrogen-bond donors (Lipinski definition) is 1. The molecule has 102 valence electrons. The van der Waals surface area contributed by atoms with Gasteiger partial charge < -0.3 is 10.1 Å². The standard InChI is InChI=1S/C17H18N2O/c20-18-9-10-19-16-8-4-2-6-14(16)11-13-5-1-3-7-15(13)17(19)12-18/h1-8,17,20H,9-12H2. The van der Waals surface area contributed by atoms with Gasteiger partial charge in [0.2, 0.25) is 0 Å². The molecule has 2 aliphatic rings. The molecule has 20 heavy (non-hydrogen) atoms. The number of anilines is 1. The Kier molecular flexibility index (Phi) is 2.76. The predicted molar refractivity (Wildman–Crippen MR) is 79.1 cm³/mol. The van der Waals surface area contributed by atoms with E-state index in [-0.39, 0.29) is 6.04 Å². The van der Waals surface area contributed by atoms with Crippen molar-refractivity contribution in [2.45, 2.75) is 12.5 Å². The van der Waals surface area contributed by atoms with E-state index in [4.69, 9.17) is 0 Å². The van der Waals surface area contributed by atoms with Crippen molar-refractivity contribution in [2.24, 2.45) is 0 Å². The lowest BCUT2D eigenvalue weighted by Crippen LogP contribution is -2.47. The Bertz CT molecular complexity index is 640. The number of benzene rings is 2. The topological polar surface area (TPSA) is 26.7 Å². The van der Waals surface area contributed by atoms with Crippen LogP contribution in [0.2, 0.25) is 0 Å². The lowest BCUT2D eigenvalue weighted by molar-refractivity contribution is -0.103. The summed E-state index contributed by atoms with van der Waals surface area (Å²) in [5.74, 6) is 0. The maximum absolute atomic E-state index is 9.92. The van der Waals surface area contributed by atoms with Crippen LogP contribution in [0.3, 0.4) is 0 Å². The average molecular weight is 266 g/mol. The van der Waals surface area contributed by atoms with Gasteiger partial charge in [-0.2, -0.15) is 5.06 Å². The van der Waals surface area contributed by atoms with E-state index in [1.54, 1.807) is 0 Å². The minimum atomic E-state index is 0.244. The molecule has 2 aromatic rings. The first-order chi connectivity index (χ1) is 9.83. The van der Waals surface area contributed by atoms with Crippen molar-refractivity contribution in [1.82, 2.24) is 5.06 Å². The van der Waals surface area contributed by atoms with Crippen molar-refractivity contribution in [3.8, 4) is 0 Å². The van der Waals surface area contributed by atoms with Crippen LogP contribution < -0.4 is 4.90 Å². The molecule has 0 bridgehead atoms. The molecule has 3 heteroatoms. The van der Waals surface area contributed by atoms with Crippen LogP contribution >= 0.6 is 0 Å². The van der Waals surface area contributed by atoms with Gasteiger partial charge in [-0.25, -0.2) is 0 Å². The van der Waals surface area contributed by atoms with Crippen LogP contribution in [0.15, 0.2) is 48.5 Å². The Hall–Kier alpha value is -1.84. The van der Waals surface area contributed by atoms with Crippen molar-refractivity contribution in [3.05, 3.63) is 65.2 Å². The van der Waals surface area contributed by atoms with Gasteiger partial charge in [-0.15, -0.1) is 0 Å². The molecule has 3 nitrogen and oxygen atoms in total. The molecule has 2 aromatic carbocycles. The molecule has 1 fully saturated rings. The van der Waals surface area contributed by atoms with Crippen molar-refractivity contribution in [3.63, 3.8) is 0 Å². The second-order valence-corrected chi connectivity index (χ2v) is 5.63. The van der Waals surface area contributed by atoms with E-state index in [0.717, 1.165) is 13.0 Å². The van der Waals surface area contributed by atoms with Crippen LogP contribution in [-0.4, -0.2) is 29.9 Å². The number of hydroxylamine groups is 2. The van der Waals surface area contributed by atoms with Crippen LogP contribution in [0.25, 0.3) is 0 Å². The van der Waals surface area contributed by atoms with Crippen LogP contribution in [0.5, 0.6) is 0 Å². The quantitative estimate of drug-likeness (QED) is 0.794. The molecule has 0 radical (unpaired) electrons. The van der Waals surface area contributed by atoms with Gasteiger partial charge in [0.05, 0.1) is 6.04 Å². The molecule has 0 amide bonds. The predicted octanol–water partition coefficient (Wildman–Crippen LogP) is 2.84. The summed E-state index contributed by atoms with van der Waals surface area (Å²) in [6, 6.07) is 17.5. The highest BCUT2D eigenvalue weighted by molar-refractivity contribution is 5.60. The third-order valence-corrected chi connectivity index (χ3v) is 4.45. The van der Waals surface area contributed by atoms with Gasteiger partial charge in [0.1, 0.15) is 0 Å². The van der Waals surface area contributed by atoms with E-state index in [1.807, 2.05) is 0 Å². The molecule has 1 atom stereocenters. The summed E-state index contributed by atoms with van der Waals surface area (Å²) in [4.78, 5) is 2.45. The maximum atomic E-state index is 9.92. The third-order valence-electron chi connectivity index (χ3n) is 4.45. The van der Waals surface area contributed by atoms with E-state index in [1.165, 1.54) is 27.4 Å². The van der Waals surface area contributed by atoms with E-state index < -0.39 is 0 Å². The second kappa shape index (κ2) is 4.62. The first kappa shape index (κ1) is 11.9. The highest BCUT2D eigenvalue weighted by atomic mass is 16.5. The fraction of sp³-hybridized carbons (Fsp3) is 0.294. The second-order valence-electron chi connectivity index (χ2n) is 5.63. The fourth-order valence-corrected chi connectivity index (χ4v) is 3.49. The minimum Gasteiger partial charge on any atom is -0.361 e. The summed E-state index contributed by atoms with van der Waals surface area (Å²) in [5.41, 5.74) is 5.43. The molecule has 2 heterocycles. The van der Waals surface area contributed by atoms with E-state index >= 15 is 0 Å². The average Bonchev–Trinajstić information content (AvgIpc) is 2.61. The normalized spacial score (nSPS) is 21.6. The summed E-state index contributed by atoms with van der Waals surface area (Å²) < 4.78 is 0. The van der Waals surface area contributed by atoms with Crippen molar-refractivity contribution < 1.29 is 5.21 Å². The summed E-state index contributed by atoms with van der Waals surface area (Å²) in [6.45, 7) is 2.24. The zero-order valence-electron chi connectivity index (χ0n) is 11.4. The molecule has 0 aromatic heterocycles. The monoisotopic (exact) mass is 266 g/mol. The number of para-hydroxylation sites is 1. The van der Waals surface area contributed by atoms with Crippen LogP contribution in [0, 0.1) is 0 Å². The van der Waals surface area contributed by atoms with Gasteiger partial charge in [-0.05, 0) is 29.2 Å². The molecule has 2 aliphatic heterocycles. The number of fused-ring (bicyclic) bond motifs is 5. The molecular weight excluding hydrogens is 248 g/mol. The summed E-state index contributed by atoms with van der Waals surface area (Å²) in [6.07, 6.45) is 0.977. The third kappa shape index (κ3) is 1.82.